The van der Waals surface area contributed by atoms with Gasteiger partial charge >= 0.3 is 0 Å². The lowest BCUT2D eigenvalue weighted by molar-refractivity contribution is -0.668. The van der Waals surface area contributed by atoms with Gasteiger partial charge in [0.1, 0.15) is 0 Å². The molecule has 0 saturated carbocycles. The Kier molecular flexibility index (Phi) is 2.28. The van der Waals surface area contributed by atoms with Crippen LogP contribution in [0.3, 0.4) is 0 Å². The quantitative estimate of drug-likeness (QED) is 0.642. The van der Waals surface area contributed by atoms with Crippen LogP contribution in [0.4, 0.5) is 0 Å². The van der Waals surface area contributed by atoms with Crippen molar-refractivity contribution >= 4 is 11.0 Å². The van der Waals surface area contributed by atoms with Crippen molar-refractivity contribution in [2.75, 3.05) is 0 Å². The van der Waals surface area contributed by atoms with Crippen LogP contribution in [0.5, 0.6) is 0 Å². The summed E-state index contributed by atoms with van der Waals surface area (Å²) in [6.07, 6.45) is 2.20. The van der Waals surface area contributed by atoms with E-state index < -0.39 is 0 Å². The van der Waals surface area contributed by atoms with Gasteiger partial charge in [-0.25, -0.2) is 9.13 Å². The normalized spacial score (nSPS) is 11.4. The van der Waals surface area contributed by atoms with E-state index in [9.17, 15) is 0 Å². The molecule has 0 amide bonds. The van der Waals surface area contributed by atoms with Gasteiger partial charge in [0.15, 0.2) is 11.0 Å². The number of hydrogen-bond acceptors (Lipinski definition) is 0. The van der Waals surface area contributed by atoms with E-state index in [0.717, 1.165) is 6.54 Å². The molecule has 0 N–H and O–H groups in total. The van der Waals surface area contributed by atoms with Crippen molar-refractivity contribution in [3.8, 4) is 0 Å². The van der Waals surface area contributed by atoms with E-state index in [1.807, 2.05) is 0 Å². The maximum Gasteiger partial charge on any atom is 0.244 e. The number of aryl methyl sites for hydroxylation is 1. The first-order valence-electron chi connectivity index (χ1n) is 5.23. The molecule has 0 atom stereocenters. The van der Waals surface area contributed by atoms with E-state index >= 15 is 0 Å². The summed E-state index contributed by atoms with van der Waals surface area (Å²) >= 11 is 0. The lowest BCUT2D eigenvalue weighted by atomic mass is 10.3. The van der Waals surface area contributed by atoms with Gasteiger partial charge in [0, 0.05) is 0 Å². The number of nitrogens with zero attached hydrogens (tertiary/aromatic N) is 2. The second kappa shape index (κ2) is 3.45. The fraction of sp³-hybridized carbons (Fsp3) is 0.417. The molecule has 1 aromatic heterocycles. The lowest BCUT2D eigenvalue weighted by Crippen LogP contribution is -2.30. The molecule has 0 aliphatic carbocycles. The zero-order valence-corrected chi connectivity index (χ0v) is 9.07. The van der Waals surface area contributed by atoms with Crippen molar-refractivity contribution in [3.05, 3.63) is 30.6 Å². The maximum atomic E-state index is 2.32. The molecule has 0 bridgehead atoms. The molecule has 2 nitrogen and oxygen atoms in total. The molecule has 0 spiro atoms. The van der Waals surface area contributed by atoms with Crippen LogP contribution in [-0.4, -0.2) is 4.57 Å². The second-order valence-electron chi connectivity index (χ2n) is 3.89. The van der Waals surface area contributed by atoms with E-state index in [2.05, 4.69) is 60.5 Å². The largest absolute Gasteiger partial charge is 0.244 e. The molecule has 0 aliphatic rings. The Bertz CT molecular complexity index is 441. The number of hydrogen-bond donors (Lipinski definition) is 0. The van der Waals surface area contributed by atoms with E-state index in [1.54, 1.807) is 0 Å². The van der Waals surface area contributed by atoms with Crippen molar-refractivity contribution < 1.29 is 4.57 Å². The van der Waals surface area contributed by atoms with Crippen LogP contribution >= 0.6 is 0 Å². The van der Waals surface area contributed by atoms with Crippen LogP contribution in [0.1, 0.15) is 26.8 Å². The first-order chi connectivity index (χ1) is 6.74. The van der Waals surface area contributed by atoms with E-state index in [-0.39, 0.29) is 0 Å². The predicted octanol–water partition coefficient (Wildman–Crippen LogP) is 2.53. The average molecular weight is 189 g/mol. The minimum Gasteiger partial charge on any atom is -0.230 e. The molecule has 2 rings (SSSR count). The summed E-state index contributed by atoms with van der Waals surface area (Å²) in [5, 5.41) is 0. The Morgan fingerprint density at radius 3 is 2.64 bits per heavy atom. The third-order valence-corrected chi connectivity index (χ3v) is 2.63. The van der Waals surface area contributed by atoms with Crippen molar-refractivity contribution in [1.82, 2.24) is 4.57 Å². The molecule has 0 fully saturated rings. The summed E-state index contributed by atoms with van der Waals surface area (Å²) in [5.74, 6) is 0. The van der Waals surface area contributed by atoms with Gasteiger partial charge in [-0.2, -0.15) is 0 Å². The molecule has 0 radical (unpaired) electrons. The number of benzene rings is 1. The topological polar surface area (TPSA) is 8.81 Å². The van der Waals surface area contributed by atoms with Crippen LogP contribution in [0, 0.1) is 0 Å². The summed E-state index contributed by atoms with van der Waals surface area (Å²) < 4.78 is 4.61. The molecule has 1 aromatic carbocycles. The molecular formula is C12H17N2+. The van der Waals surface area contributed by atoms with Crippen molar-refractivity contribution in [3.63, 3.8) is 0 Å². The highest BCUT2D eigenvalue weighted by molar-refractivity contribution is 5.71. The number of para-hydroxylation sites is 2. The van der Waals surface area contributed by atoms with Gasteiger partial charge in [0.2, 0.25) is 6.33 Å². The molecular weight excluding hydrogens is 172 g/mol. The molecule has 0 saturated heterocycles. The van der Waals surface area contributed by atoms with Gasteiger partial charge in [0.05, 0.1) is 12.6 Å². The third-order valence-electron chi connectivity index (χ3n) is 2.63. The van der Waals surface area contributed by atoms with Crippen molar-refractivity contribution in [2.45, 2.75) is 33.4 Å². The average Bonchev–Trinajstić information content (AvgIpc) is 2.56. The first-order valence-corrected chi connectivity index (χ1v) is 5.23. The van der Waals surface area contributed by atoms with Crippen molar-refractivity contribution in [2.24, 2.45) is 0 Å². The molecule has 14 heavy (non-hydrogen) atoms. The summed E-state index contributed by atoms with van der Waals surface area (Å²) in [6.45, 7) is 7.64. The fourth-order valence-electron chi connectivity index (χ4n) is 1.86. The molecule has 74 valence electrons. The Labute approximate surface area is 84.8 Å². The Balaban J connectivity index is 2.73. The first kappa shape index (κ1) is 9.25. The standard InChI is InChI=1S/C12H17N2/c1-4-13-9-14(10(2)3)12-8-6-5-7-11(12)13/h5-10H,4H2,1-3H3/q+1. The third kappa shape index (κ3) is 1.31. The monoisotopic (exact) mass is 189 g/mol. The van der Waals surface area contributed by atoms with Gasteiger partial charge in [-0.3, -0.25) is 0 Å². The van der Waals surface area contributed by atoms with Crippen LogP contribution in [-0.2, 0) is 6.54 Å². The van der Waals surface area contributed by atoms with Crippen LogP contribution < -0.4 is 4.57 Å². The number of fused-ring (bicyclic) bond motifs is 1. The molecule has 2 heteroatoms. The Hall–Kier alpha value is -1.31. The molecule has 0 aliphatic heterocycles. The van der Waals surface area contributed by atoms with Crippen LogP contribution in [0.2, 0.25) is 0 Å². The maximum absolute atomic E-state index is 2.32. The Morgan fingerprint density at radius 2 is 2.00 bits per heavy atom. The number of rotatable bonds is 2. The second-order valence-corrected chi connectivity index (χ2v) is 3.89. The summed E-state index contributed by atoms with van der Waals surface area (Å²) in [4.78, 5) is 0. The number of imidazole rings is 1. The fourth-order valence-corrected chi connectivity index (χ4v) is 1.86. The van der Waals surface area contributed by atoms with Crippen molar-refractivity contribution in [1.29, 1.82) is 0 Å². The van der Waals surface area contributed by atoms with Gasteiger partial charge in [-0.15, -0.1) is 0 Å². The predicted molar refractivity (Wildman–Crippen MR) is 58.2 cm³/mol. The summed E-state index contributed by atoms with van der Waals surface area (Å²) in [6, 6.07) is 9.08. The smallest absolute Gasteiger partial charge is 0.230 e. The van der Waals surface area contributed by atoms with E-state index in [1.165, 1.54) is 11.0 Å². The minimum absolute atomic E-state index is 0.521. The van der Waals surface area contributed by atoms with Gasteiger partial charge < -0.3 is 0 Å². The highest BCUT2D eigenvalue weighted by atomic mass is 15.1. The van der Waals surface area contributed by atoms with E-state index in [4.69, 9.17) is 0 Å². The van der Waals surface area contributed by atoms with Gasteiger partial charge in [-0.05, 0) is 32.9 Å². The van der Waals surface area contributed by atoms with Gasteiger partial charge in [-0.1, -0.05) is 12.1 Å². The lowest BCUT2D eigenvalue weighted by Gasteiger charge is -1.99. The summed E-state index contributed by atoms with van der Waals surface area (Å²) in [7, 11) is 0. The molecule has 1 heterocycles. The number of aromatic nitrogens is 2. The Morgan fingerprint density at radius 1 is 1.29 bits per heavy atom. The van der Waals surface area contributed by atoms with Crippen LogP contribution in [0.25, 0.3) is 11.0 Å². The highest BCUT2D eigenvalue weighted by Gasteiger charge is 2.15. The van der Waals surface area contributed by atoms with E-state index in [0.29, 0.717) is 6.04 Å². The zero-order chi connectivity index (χ0) is 10.1. The minimum atomic E-state index is 0.521. The molecule has 0 unspecified atom stereocenters. The summed E-state index contributed by atoms with van der Waals surface area (Å²) in [5.41, 5.74) is 2.65. The SMILES string of the molecule is CC[n+]1cn(C(C)C)c2ccccc21. The zero-order valence-electron chi connectivity index (χ0n) is 9.07. The van der Waals surface area contributed by atoms with Crippen LogP contribution in [0.15, 0.2) is 30.6 Å². The van der Waals surface area contributed by atoms with Gasteiger partial charge in [0.25, 0.3) is 0 Å². The highest BCUT2D eigenvalue weighted by Crippen LogP contribution is 2.15. The molecule has 2 aromatic rings.